The molecule has 1 aliphatic rings. The molecule has 1 heterocycles. The number of carbonyl (C=O) groups is 1. The number of hydrogen-bond donors (Lipinski definition) is 2. The maximum absolute atomic E-state index is 11.6. The Hall–Kier alpha value is -1.23. The van der Waals surface area contributed by atoms with Crippen LogP contribution in [0.3, 0.4) is 0 Å². The average Bonchev–Trinajstić information content (AvgIpc) is 3.18. The summed E-state index contributed by atoms with van der Waals surface area (Å²) in [4.78, 5) is 15.8. The highest BCUT2D eigenvalue weighted by molar-refractivity contribution is 8.00. The molecule has 2 N–H and O–H groups in total. The first kappa shape index (κ1) is 13.2. The van der Waals surface area contributed by atoms with Gasteiger partial charge in [-0.3, -0.25) is 4.79 Å². The van der Waals surface area contributed by atoms with Crippen molar-refractivity contribution in [1.29, 1.82) is 0 Å². The van der Waals surface area contributed by atoms with Crippen LogP contribution < -0.4 is 10.6 Å². The van der Waals surface area contributed by atoms with Crippen molar-refractivity contribution in [2.45, 2.75) is 24.5 Å². The number of thioether (sulfide) groups is 1. The smallest absolute Gasteiger partial charge is 0.252 e. The fourth-order valence-electron chi connectivity index (χ4n) is 1.74. The van der Waals surface area contributed by atoms with Crippen LogP contribution in [0.25, 0.3) is 0 Å². The number of pyridine rings is 1. The van der Waals surface area contributed by atoms with Crippen LogP contribution in [0.4, 0.5) is 5.82 Å². The number of nitrogens with zero attached hydrogens (tertiary/aromatic N) is 1. The van der Waals surface area contributed by atoms with Gasteiger partial charge in [0.25, 0.3) is 5.91 Å². The van der Waals surface area contributed by atoms with E-state index in [1.54, 1.807) is 12.3 Å². The fraction of sp³-hybridized carbons (Fsp3) is 0.538. The van der Waals surface area contributed by atoms with E-state index in [0.29, 0.717) is 16.9 Å². The molecule has 1 aromatic heterocycles. The van der Waals surface area contributed by atoms with Crippen molar-refractivity contribution >= 4 is 23.5 Å². The van der Waals surface area contributed by atoms with Gasteiger partial charge in [0, 0.05) is 24.0 Å². The van der Waals surface area contributed by atoms with Crippen LogP contribution in [0, 0.1) is 0 Å². The lowest BCUT2D eigenvalue weighted by Crippen LogP contribution is -2.23. The normalized spacial score (nSPS) is 16.1. The molecule has 98 valence electrons. The van der Waals surface area contributed by atoms with E-state index in [4.69, 9.17) is 0 Å². The Balaban J connectivity index is 1.89. The van der Waals surface area contributed by atoms with E-state index in [2.05, 4.69) is 21.9 Å². The molecule has 1 amide bonds. The van der Waals surface area contributed by atoms with Crippen LogP contribution >= 0.6 is 11.8 Å². The number of aromatic nitrogens is 1. The molecule has 0 unspecified atom stereocenters. The highest BCUT2D eigenvalue weighted by Gasteiger charge is 2.41. The lowest BCUT2D eigenvalue weighted by Gasteiger charge is -2.13. The van der Waals surface area contributed by atoms with Gasteiger partial charge in [0.05, 0.1) is 5.56 Å². The SMILES string of the molecule is CCNC(=O)c1ccc(NCC2(SC)CC2)nc1. The van der Waals surface area contributed by atoms with Crippen LogP contribution in [-0.2, 0) is 0 Å². The van der Waals surface area contributed by atoms with Gasteiger partial charge >= 0.3 is 0 Å². The predicted octanol–water partition coefficient (Wildman–Crippen LogP) is 2.14. The van der Waals surface area contributed by atoms with E-state index in [-0.39, 0.29) is 5.91 Å². The summed E-state index contributed by atoms with van der Waals surface area (Å²) in [6, 6.07) is 3.67. The van der Waals surface area contributed by atoms with Gasteiger partial charge in [-0.25, -0.2) is 4.98 Å². The minimum absolute atomic E-state index is 0.0701. The predicted molar refractivity (Wildman–Crippen MR) is 76.2 cm³/mol. The number of amides is 1. The summed E-state index contributed by atoms with van der Waals surface area (Å²) in [6.45, 7) is 3.48. The van der Waals surface area contributed by atoms with Crippen LogP contribution in [-0.4, -0.2) is 35.0 Å². The molecule has 0 saturated heterocycles. The van der Waals surface area contributed by atoms with Crippen molar-refractivity contribution in [2.24, 2.45) is 0 Å². The molecular formula is C13H19N3OS. The molecular weight excluding hydrogens is 246 g/mol. The van der Waals surface area contributed by atoms with Crippen molar-refractivity contribution < 1.29 is 4.79 Å². The molecule has 0 aliphatic heterocycles. The van der Waals surface area contributed by atoms with Crippen molar-refractivity contribution in [3.05, 3.63) is 23.9 Å². The van der Waals surface area contributed by atoms with E-state index in [1.165, 1.54) is 12.8 Å². The first-order valence-corrected chi connectivity index (χ1v) is 7.45. The minimum Gasteiger partial charge on any atom is -0.369 e. The van der Waals surface area contributed by atoms with Crippen molar-refractivity contribution in [3.8, 4) is 0 Å². The molecule has 18 heavy (non-hydrogen) atoms. The molecule has 5 heteroatoms. The lowest BCUT2D eigenvalue weighted by atomic mass is 10.2. The molecule has 1 saturated carbocycles. The van der Waals surface area contributed by atoms with E-state index in [1.807, 2.05) is 24.8 Å². The second kappa shape index (κ2) is 5.61. The zero-order valence-electron chi connectivity index (χ0n) is 10.8. The summed E-state index contributed by atoms with van der Waals surface area (Å²) in [5.41, 5.74) is 0.605. The first-order valence-electron chi connectivity index (χ1n) is 6.22. The second-order valence-corrected chi connectivity index (χ2v) is 5.81. The van der Waals surface area contributed by atoms with Gasteiger partial charge in [-0.2, -0.15) is 11.8 Å². The molecule has 1 aliphatic carbocycles. The molecule has 0 bridgehead atoms. The van der Waals surface area contributed by atoms with Gasteiger partial charge in [0.1, 0.15) is 5.82 Å². The monoisotopic (exact) mass is 265 g/mol. The third-order valence-corrected chi connectivity index (χ3v) is 4.61. The highest BCUT2D eigenvalue weighted by Crippen LogP contribution is 2.46. The number of hydrogen-bond acceptors (Lipinski definition) is 4. The van der Waals surface area contributed by atoms with Gasteiger partial charge in [-0.15, -0.1) is 0 Å². The largest absolute Gasteiger partial charge is 0.369 e. The minimum atomic E-state index is -0.0701. The van der Waals surface area contributed by atoms with E-state index >= 15 is 0 Å². The fourth-order valence-corrected chi connectivity index (χ4v) is 2.47. The molecule has 0 aromatic carbocycles. The third-order valence-electron chi connectivity index (χ3n) is 3.20. The van der Waals surface area contributed by atoms with Crippen LogP contribution in [0.1, 0.15) is 30.1 Å². The van der Waals surface area contributed by atoms with Crippen molar-refractivity contribution in [3.63, 3.8) is 0 Å². The lowest BCUT2D eigenvalue weighted by molar-refractivity contribution is 0.0955. The quantitative estimate of drug-likeness (QED) is 0.827. The van der Waals surface area contributed by atoms with Crippen LogP contribution in [0.15, 0.2) is 18.3 Å². The molecule has 0 spiro atoms. The number of carbonyl (C=O) groups excluding carboxylic acids is 1. The Bertz CT molecular complexity index is 415. The zero-order chi connectivity index (χ0) is 13.0. The Morgan fingerprint density at radius 3 is 2.78 bits per heavy atom. The summed E-state index contributed by atoms with van der Waals surface area (Å²) < 4.78 is 0.417. The summed E-state index contributed by atoms with van der Waals surface area (Å²) in [7, 11) is 0. The van der Waals surface area contributed by atoms with Gasteiger partial charge in [0.15, 0.2) is 0 Å². The van der Waals surface area contributed by atoms with Gasteiger partial charge < -0.3 is 10.6 Å². The summed E-state index contributed by atoms with van der Waals surface area (Å²) >= 11 is 1.92. The van der Waals surface area contributed by atoms with Crippen molar-refractivity contribution in [1.82, 2.24) is 10.3 Å². The molecule has 4 nitrogen and oxygen atoms in total. The maximum Gasteiger partial charge on any atom is 0.252 e. The van der Waals surface area contributed by atoms with Gasteiger partial charge in [-0.05, 0) is 38.2 Å². The zero-order valence-corrected chi connectivity index (χ0v) is 11.6. The van der Waals surface area contributed by atoms with Crippen LogP contribution in [0.2, 0.25) is 0 Å². The summed E-state index contributed by atoms with van der Waals surface area (Å²) in [5, 5.41) is 6.09. The topological polar surface area (TPSA) is 54.0 Å². The van der Waals surface area contributed by atoms with E-state index in [9.17, 15) is 4.79 Å². The maximum atomic E-state index is 11.6. The Kier molecular flexibility index (Phi) is 4.11. The van der Waals surface area contributed by atoms with Crippen molar-refractivity contribution in [2.75, 3.05) is 24.7 Å². The number of rotatable bonds is 6. The van der Waals surface area contributed by atoms with Gasteiger partial charge in [-0.1, -0.05) is 0 Å². The summed E-state index contributed by atoms with van der Waals surface area (Å²) in [6.07, 6.45) is 6.32. The Morgan fingerprint density at radius 2 is 2.28 bits per heavy atom. The Labute approximate surface area is 112 Å². The Morgan fingerprint density at radius 1 is 1.50 bits per heavy atom. The third kappa shape index (κ3) is 3.16. The highest BCUT2D eigenvalue weighted by atomic mass is 32.2. The molecule has 2 rings (SSSR count). The van der Waals surface area contributed by atoms with Gasteiger partial charge in [0.2, 0.25) is 0 Å². The van der Waals surface area contributed by atoms with E-state index in [0.717, 1.165) is 12.4 Å². The average molecular weight is 265 g/mol. The molecule has 0 radical (unpaired) electrons. The second-order valence-electron chi connectivity index (χ2n) is 4.53. The standard InChI is InChI=1S/C13H19N3OS/c1-3-14-12(17)10-4-5-11(15-8-10)16-9-13(18-2)6-7-13/h4-5,8H,3,6-7,9H2,1-2H3,(H,14,17)(H,15,16). The van der Waals surface area contributed by atoms with Crippen LogP contribution in [0.5, 0.6) is 0 Å². The number of nitrogens with one attached hydrogen (secondary N) is 2. The number of anilines is 1. The van der Waals surface area contributed by atoms with E-state index < -0.39 is 0 Å². The summed E-state index contributed by atoms with van der Waals surface area (Å²) in [5.74, 6) is 0.766. The molecule has 1 fully saturated rings. The first-order chi connectivity index (χ1) is 8.69. The molecule has 1 aromatic rings. The molecule has 0 atom stereocenters.